The minimum absolute atomic E-state index is 0.190. The number of carbonyl (C=O) groups is 1. The van der Waals surface area contributed by atoms with Gasteiger partial charge in [0, 0.05) is 24.5 Å². The molecule has 0 unspecified atom stereocenters. The average molecular weight is 351 g/mol. The number of hydrogen-bond donors (Lipinski definition) is 2. The smallest absolute Gasteiger partial charge is 0.257 e. The molecule has 2 aromatic rings. The van der Waals surface area contributed by atoms with Crippen molar-refractivity contribution in [1.82, 2.24) is 4.98 Å². The molecule has 1 aromatic heterocycles. The summed E-state index contributed by atoms with van der Waals surface area (Å²) in [5, 5.41) is 6.17. The first kappa shape index (κ1) is 18.0. The number of aromatic nitrogens is 1. The summed E-state index contributed by atoms with van der Waals surface area (Å²) < 4.78 is 5.16. The number of methoxy groups -OCH3 is 1. The molecule has 2 N–H and O–H groups in total. The molecule has 1 aromatic carbocycles. The summed E-state index contributed by atoms with van der Waals surface area (Å²) in [6, 6.07) is 10.9. The molecule has 1 amide bonds. The molecule has 0 radical (unpaired) electrons. The van der Waals surface area contributed by atoms with Crippen molar-refractivity contribution in [3.63, 3.8) is 0 Å². The second-order valence-corrected chi connectivity index (χ2v) is 6.40. The monoisotopic (exact) mass is 351 g/mol. The van der Waals surface area contributed by atoms with Crippen molar-refractivity contribution in [2.24, 2.45) is 0 Å². The van der Waals surface area contributed by atoms with Gasteiger partial charge in [-0.1, -0.05) is 17.7 Å². The molecule has 0 saturated heterocycles. The molecule has 1 aliphatic rings. The van der Waals surface area contributed by atoms with Crippen LogP contribution in [0.15, 0.2) is 54.2 Å². The van der Waals surface area contributed by atoms with Gasteiger partial charge in [-0.2, -0.15) is 0 Å². The van der Waals surface area contributed by atoms with Crippen LogP contribution >= 0.6 is 0 Å². The summed E-state index contributed by atoms with van der Waals surface area (Å²) in [5.41, 5.74) is 2.75. The van der Waals surface area contributed by atoms with Crippen LogP contribution < -0.4 is 15.4 Å². The molecule has 1 aliphatic carbocycles. The zero-order chi connectivity index (χ0) is 18.2. The average Bonchev–Trinajstić information content (AvgIpc) is 2.69. The molecule has 26 heavy (non-hydrogen) atoms. The maximum atomic E-state index is 12.3. The molecule has 0 saturated carbocycles. The number of anilines is 2. The van der Waals surface area contributed by atoms with Crippen LogP contribution in [0.25, 0.3) is 0 Å². The van der Waals surface area contributed by atoms with Gasteiger partial charge in [0.2, 0.25) is 0 Å². The molecule has 136 valence electrons. The quantitative estimate of drug-likeness (QED) is 0.713. The Hall–Kier alpha value is -2.82. The highest BCUT2D eigenvalue weighted by Crippen LogP contribution is 2.20. The van der Waals surface area contributed by atoms with Gasteiger partial charge < -0.3 is 15.4 Å². The number of ether oxygens (including phenoxy) is 1. The van der Waals surface area contributed by atoms with Gasteiger partial charge in [0.1, 0.15) is 11.6 Å². The first-order chi connectivity index (χ1) is 12.7. The first-order valence-electron chi connectivity index (χ1n) is 9.08. The van der Waals surface area contributed by atoms with E-state index in [1.165, 1.54) is 31.3 Å². The van der Waals surface area contributed by atoms with Crippen LogP contribution in [0.1, 0.15) is 42.5 Å². The third kappa shape index (κ3) is 5.09. The zero-order valence-electron chi connectivity index (χ0n) is 15.1. The number of rotatable bonds is 7. The Kier molecular flexibility index (Phi) is 6.25. The summed E-state index contributed by atoms with van der Waals surface area (Å²) in [5.74, 6) is 1.30. The lowest BCUT2D eigenvalue weighted by molar-refractivity contribution is 0.102. The van der Waals surface area contributed by atoms with Gasteiger partial charge in [-0.3, -0.25) is 4.79 Å². The molecule has 5 nitrogen and oxygen atoms in total. The van der Waals surface area contributed by atoms with Crippen molar-refractivity contribution in [3.05, 3.63) is 59.8 Å². The number of pyridine rings is 1. The van der Waals surface area contributed by atoms with Crippen molar-refractivity contribution in [1.29, 1.82) is 0 Å². The molecule has 0 spiro atoms. The standard InChI is InChI=1S/C21H25N3O2/c1-26-19-9-5-8-18(14-19)24-21(25)17-10-11-20(23-15-17)22-13-12-16-6-3-2-4-7-16/h5-6,8-11,14-15H,2-4,7,12-13H2,1H3,(H,22,23)(H,24,25). The van der Waals surface area contributed by atoms with Gasteiger partial charge in [0.05, 0.1) is 12.7 Å². The summed E-state index contributed by atoms with van der Waals surface area (Å²) in [6.45, 7) is 0.869. The highest BCUT2D eigenvalue weighted by Gasteiger charge is 2.08. The van der Waals surface area contributed by atoms with Crippen molar-refractivity contribution in [2.45, 2.75) is 32.1 Å². The highest BCUT2D eigenvalue weighted by molar-refractivity contribution is 6.04. The molecule has 0 aliphatic heterocycles. The number of benzene rings is 1. The Morgan fingerprint density at radius 3 is 2.88 bits per heavy atom. The number of amides is 1. The lowest BCUT2D eigenvalue weighted by Crippen LogP contribution is -2.13. The Morgan fingerprint density at radius 1 is 1.23 bits per heavy atom. The molecule has 0 bridgehead atoms. The predicted octanol–water partition coefficient (Wildman–Crippen LogP) is 4.64. The van der Waals surface area contributed by atoms with E-state index in [1.807, 2.05) is 24.3 Å². The van der Waals surface area contributed by atoms with Gasteiger partial charge in [-0.15, -0.1) is 0 Å². The van der Waals surface area contributed by atoms with Crippen LogP contribution in [0, 0.1) is 0 Å². The Balaban J connectivity index is 1.51. The topological polar surface area (TPSA) is 63.2 Å². The molecular formula is C21H25N3O2. The third-order valence-corrected chi connectivity index (χ3v) is 4.49. The minimum atomic E-state index is -0.190. The van der Waals surface area contributed by atoms with E-state index in [2.05, 4.69) is 21.7 Å². The van der Waals surface area contributed by atoms with E-state index in [4.69, 9.17) is 4.74 Å². The van der Waals surface area contributed by atoms with Crippen molar-refractivity contribution < 1.29 is 9.53 Å². The van der Waals surface area contributed by atoms with Crippen molar-refractivity contribution >= 4 is 17.4 Å². The second-order valence-electron chi connectivity index (χ2n) is 6.40. The van der Waals surface area contributed by atoms with Gasteiger partial charge in [0.15, 0.2) is 0 Å². The summed E-state index contributed by atoms with van der Waals surface area (Å²) in [7, 11) is 1.60. The summed E-state index contributed by atoms with van der Waals surface area (Å²) in [6.07, 6.45) is 10.1. The van der Waals surface area contributed by atoms with Crippen LogP contribution in [0.3, 0.4) is 0 Å². The van der Waals surface area contributed by atoms with E-state index in [0.29, 0.717) is 17.0 Å². The second kappa shape index (κ2) is 9.04. The third-order valence-electron chi connectivity index (χ3n) is 4.49. The fraction of sp³-hybridized carbons (Fsp3) is 0.333. The summed E-state index contributed by atoms with van der Waals surface area (Å²) >= 11 is 0. The number of nitrogens with one attached hydrogen (secondary N) is 2. The number of carbonyl (C=O) groups excluding carboxylic acids is 1. The van der Waals surface area contributed by atoms with Crippen LogP contribution in [0.2, 0.25) is 0 Å². The molecule has 1 heterocycles. The molecule has 0 atom stereocenters. The minimum Gasteiger partial charge on any atom is -0.497 e. The fourth-order valence-electron chi connectivity index (χ4n) is 3.02. The van der Waals surface area contributed by atoms with Crippen LogP contribution in [-0.4, -0.2) is 24.5 Å². The van der Waals surface area contributed by atoms with Gasteiger partial charge in [-0.05, 0) is 56.4 Å². The maximum Gasteiger partial charge on any atom is 0.257 e. The van der Waals surface area contributed by atoms with Crippen LogP contribution in [-0.2, 0) is 0 Å². The summed E-state index contributed by atoms with van der Waals surface area (Å²) in [4.78, 5) is 16.7. The van der Waals surface area contributed by atoms with Crippen molar-refractivity contribution in [3.8, 4) is 5.75 Å². The zero-order valence-corrected chi connectivity index (χ0v) is 15.1. The number of nitrogens with zero attached hydrogens (tertiary/aromatic N) is 1. The lowest BCUT2D eigenvalue weighted by Gasteiger charge is -2.13. The van der Waals surface area contributed by atoms with Crippen molar-refractivity contribution in [2.75, 3.05) is 24.3 Å². The van der Waals surface area contributed by atoms with E-state index in [1.54, 1.807) is 25.4 Å². The number of hydrogen-bond acceptors (Lipinski definition) is 4. The van der Waals surface area contributed by atoms with Gasteiger partial charge >= 0.3 is 0 Å². The lowest BCUT2D eigenvalue weighted by atomic mass is 9.97. The highest BCUT2D eigenvalue weighted by atomic mass is 16.5. The predicted molar refractivity (Wildman–Crippen MR) is 105 cm³/mol. The molecule has 3 rings (SSSR count). The Labute approximate surface area is 154 Å². The SMILES string of the molecule is COc1cccc(NC(=O)c2ccc(NCCC3=CCCCC3)nc2)c1. The van der Waals surface area contributed by atoms with E-state index >= 15 is 0 Å². The van der Waals surface area contributed by atoms with E-state index in [0.717, 1.165) is 18.8 Å². The van der Waals surface area contributed by atoms with E-state index in [9.17, 15) is 4.79 Å². The Morgan fingerprint density at radius 2 is 2.15 bits per heavy atom. The first-order valence-corrected chi connectivity index (χ1v) is 9.08. The van der Waals surface area contributed by atoms with Crippen LogP contribution in [0.4, 0.5) is 11.5 Å². The molecular weight excluding hydrogens is 326 g/mol. The van der Waals surface area contributed by atoms with Gasteiger partial charge in [-0.25, -0.2) is 4.98 Å². The Bertz CT molecular complexity index is 769. The van der Waals surface area contributed by atoms with Gasteiger partial charge in [0.25, 0.3) is 5.91 Å². The molecule has 0 fully saturated rings. The van der Waals surface area contributed by atoms with E-state index < -0.39 is 0 Å². The molecule has 5 heteroatoms. The maximum absolute atomic E-state index is 12.3. The van der Waals surface area contributed by atoms with E-state index in [-0.39, 0.29) is 5.91 Å². The number of allylic oxidation sites excluding steroid dienone is 1. The fourth-order valence-corrected chi connectivity index (χ4v) is 3.02. The van der Waals surface area contributed by atoms with Crippen LogP contribution in [0.5, 0.6) is 5.75 Å². The normalized spacial score (nSPS) is 13.7. The largest absolute Gasteiger partial charge is 0.497 e.